The van der Waals surface area contributed by atoms with Gasteiger partial charge in [-0.15, -0.1) is 0 Å². The number of ether oxygens (including phenoxy) is 1. The van der Waals surface area contributed by atoms with E-state index in [4.69, 9.17) is 4.74 Å². The van der Waals surface area contributed by atoms with Gasteiger partial charge in [-0.05, 0) is 37.0 Å². The van der Waals surface area contributed by atoms with Crippen molar-refractivity contribution < 1.29 is 17.9 Å². The van der Waals surface area contributed by atoms with E-state index >= 15 is 0 Å². The smallest absolute Gasteiger partial charge is 0.420 e. The van der Waals surface area contributed by atoms with Gasteiger partial charge in [-0.1, -0.05) is 26.0 Å². The van der Waals surface area contributed by atoms with E-state index in [9.17, 15) is 18.0 Å². The van der Waals surface area contributed by atoms with Gasteiger partial charge < -0.3 is 9.14 Å². The van der Waals surface area contributed by atoms with E-state index in [2.05, 4.69) is 10.1 Å². The molecule has 1 aliphatic carbocycles. The van der Waals surface area contributed by atoms with Crippen molar-refractivity contribution in [1.82, 2.24) is 19.2 Å². The number of aromatic nitrogens is 4. The van der Waals surface area contributed by atoms with E-state index in [1.54, 1.807) is 33.5 Å². The highest BCUT2D eigenvalue weighted by Gasteiger charge is 2.36. The topological polar surface area (TPSA) is 61.4 Å². The Labute approximate surface area is 187 Å². The number of fused-ring (bicyclic) bond motifs is 2. The molecule has 0 radical (unpaired) electrons. The number of rotatable bonds is 6. The Morgan fingerprint density at radius 2 is 1.94 bits per heavy atom. The molecular formula is C24H23F3N4O2. The summed E-state index contributed by atoms with van der Waals surface area (Å²) >= 11 is 0. The van der Waals surface area contributed by atoms with Gasteiger partial charge in [0.05, 0.1) is 30.6 Å². The van der Waals surface area contributed by atoms with Gasteiger partial charge in [0.1, 0.15) is 22.7 Å². The first-order valence-electron chi connectivity index (χ1n) is 10.9. The second-order valence-electron chi connectivity index (χ2n) is 8.85. The number of halogens is 3. The molecule has 5 rings (SSSR count). The first-order chi connectivity index (χ1) is 15.7. The van der Waals surface area contributed by atoms with Crippen molar-refractivity contribution in [1.29, 1.82) is 0 Å². The van der Waals surface area contributed by atoms with Crippen LogP contribution in [0.15, 0.2) is 47.5 Å². The van der Waals surface area contributed by atoms with Crippen LogP contribution in [0, 0.1) is 5.92 Å². The molecule has 0 spiro atoms. The third-order valence-electron chi connectivity index (χ3n) is 5.83. The van der Waals surface area contributed by atoms with Crippen LogP contribution in [-0.4, -0.2) is 25.8 Å². The molecule has 0 aliphatic heterocycles. The highest BCUT2D eigenvalue weighted by molar-refractivity contribution is 5.78. The molecule has 33 heavy (non-hydrogen) atoms. The van der Waals surface area contributed by atoms with Crippen LogP contribution in [0.25, 0.3) is 16.6 Å². The lowest BCUT2D eigenvalue weighted by Crippen LogP contribution is -2.20. The summed E-state index contributed by atoms with van der Waals surface area (Å²) in [5.41, 5.74) is 0.839. The molecule has 0 amide bonds. The van der Waals surface area contributed by atoms with Crippen LogP contribution in [0.2, 0.25) is 0 Å². The van der Waals surface area contributed by atoms with Crippen molar-refractivity contribution in [2.45, 2.75) is 45.3 Å². The molecular weight excluding hydrogens is 433 g/mol. The molecule has 172 valence electrons. The minimum absolute atomic E-state index is 0.0741. The highest BCUT2D eigenvalue weighted by atomic mass is 19.4. The first-order valence-corrected chi connectivity index (χ1v) is 10.9. The van der Waals surface area contributed by atoms with Crippen molar-refractivity contribution >= 4 is 16.6 Å². The molecule has 0 saturated heterocycles. The molecule has 1 saturated carbocycles. The lowest BCUT2D eigenvalue weighted by atomic mass is 10.1. The predicted octanol–water partition coefficient (Wildman–Crippen LogP) is 5.02. The van der Waals surface area contributed by atoms with Gasteiger partial charge in [0.25, 0.3) is 0 Å². The van der Waals surface area contributed by atoms with Crippen molar-refractivity contribution in [3.05, 3.63) is 69.9 Å². The van der Waals surface area contributed by atoms with Crippen LogP contribution in [0.3, 0.4) is 0 Å². The standard InChI is InChI=1S/C24H23F3N4O2/c1-14(2)22-23(32)17-5-3-4-6-19(17)31(29-22)11-16-10-30-12-20(33-13-15-7-8-15)18(24(25,26)27)9-21(30)28-16/h3-6,9-10,12,14-15H,7-8,11,13H2,1-2H3. The predicted molar refractivity (Wildman–Crippen MR) is 118 cm³/mol. The SMILES string of the molecule is CC(C)c1nn(Cc2cn3cc(OCC4CC4)c(C(F)(F)F)cc3n2)c2ccccc2c1=O. The number of imidazole rings is 1. The first kappa shape index (κ1) is 21.5. The Hall–Kier alpha value is -3.36. The number of hydrogen-bond acceptors (Lipinski definition) is 4. The second kappa shape index (κ2) is 7.90. The summed E-state index contributed by atoms with van der Waals surface area (Å²) in [5.74, 6) is 0.0600. The van der Waals surface area contributed by atoms with Crippen LogP contribution in [-0.2, 0) is 12.7 Å². The molecule has 1 aliphatic rings. The zero-order valence-electron chi connectivity index (χ0n) is 18.3. The number of pyridine rings is 1. The normalized spacial score (nSPS) is 14.5. The van der Waals surface area contributed by atoms with Crippen LogP contribution in [0.4, 0.5) is 13.2 Å². The summed E-state index contributed by atoms with van der Waals surface area (Å²) in [5, 5.41) is 5.10. The third-order valence-corrected chi connectivity index (χ3v) is 5.83. The Kier molecular flexibility index (Phi) is 5.14. The molecule has 1 aromatic carbocycles. The maximum Gasteiger partial charge on any atom is 0.420 e. The van der Waals surface area contributed by atoms with Gasteiger partial charge in [0.15, 0.2) is 0 Å². The van der Waals surface area contributed by atoms with Crippen molar-refractivity contribution in [2.75, 3.05) is 6.61 Å². The molecule has 4 aromatic rings. The molecule has 6 nitrogen and oxygen atoms in total. The molecule has 0 atom stereocenters. The quantitative estimate of drug-likeness (QED) is 0.409. The summed E-state index contributed by atoms with van der Waals surface area (Å²) in [7, 11) is 0. The number of nitrogens with zero attached hydrogens (tertiary/aromatic N) is 4. The number of benzene rings is 1. The average molecular weight is 456 g/mol. The molecule has 0 N–H and O–H groups in total. The van der Waals surface area contributed by atoms with Crippen LogP contribution < -0.4 is 10.2 Å². The van der Waals surface area contributed by atoms with Crippen molar-refractivity contribution in [3.63, 3.8) is 0 Å². The van der Waals surface area contributed by atoms with E-state index in [-0.39, 0.29) is 35.9 Å². The lowest BCUT2D eigenvalue weighted by Gasteiger charge is -2.14. The monoisotopic (exact) mass is 456 g/mol. The van der Waals surface area contributed by atoms with E-state index in [1.807, 2.05) is 19.9 Å². The summed E-state index contributed by atoms with van der Waals surface area (Å²) < 4.78 is 49.7. The van der Waals surface area contributed by atoms with Crippen LogP contribution in [0.5, 0.6) is 5.75 Å². The Balaban J connectivity index is 1.56. The molecule has 0 unspecified atom stereocenters. The van der Waals surface area contributed by atoms with E-state index in [0.29, 0.717) is 28.2 Å². The summed E-state index contributed by atoms with van der Waals surface area (Å²) in [6.45, 7) is 4.29. The maximum atomic E-state index is 13.6. The lowest BCUT2D eigenvalue weighted by molar-refractivity contribution is -0.139. The Bertz CT molecular complexity index is 1400. The Morgan fingerprint density at radius 1 is 1.18 bits per heavy atom. The number of para-hydroxylation sites is 1. The fourth-order valence-corrected chi connectivity index (χ4v) is 3.88. The zero-order valence-corrected chi connectivity index (χ0v) is 18.3. The fourth-order valence-electron chi connectivity index (χ4n) is 3.88. The van der Waals surface area contributed by atoms with Crippen molar-refractivity contribution in [3.8, 4) is 5.75 Å². The van der Waals surface area contributed by atoms with Gasteiger partial charge in [-0.3, -0.25) is 9.48 Å². The minimum Gasteiger partial charge on any atom is -0.491 e. The molecule has 3 aromatic heterocycles. The minimum atomic E-state index is -4.55. The average Bonchev–Trinajstić information content (AvgIpc) is 3.51. The second-order valence-corrected chi connectivity index (χ2v) is 8.85. The molecule has 9 heteroatoms. The van der Waals surface area contributed by atoms with Gasteiger partial charge in [-0.2, -0.15) is 18.3 Å². The zero-order chi connectivity index (χ0) is 23.3. The summed E-state index contributed by atoms with van der Waals surface area (Å²) in [6, 6.07) is 8.19. The highest BCUT2D eigenvalue weighted by Crippen LogP contribution is 2.38. The van der Waals surface area contributed by atoms with Gasteiger partial charge in [-0.25, -0.2) is 4.98 Å². The largest absolute Gasteiger partial charge is 0.491 e. The maximum absolute atomic E-state index is 13.6. The van der Waals surface area contributed by atoms with Gasteiger partial charge >= 0.3 is 6.18 Å². The molecule has 1 fully saturated rings. The van der Waals surface area contributed by atoms with Crippen LogP contribution in [0.1, 0.15) is 49.6 Å². The number of alkyl halides is 3. The van der Waals surface area contributed by atoms with E-state index in [1.165, 1.54) is 6.20 Å². The number of hydrogen-bond donors (Lipinski definition) is 0. The molecule has 0 bridgehead atoms. The van der Waals surface area contributed by atoms with Crippen molar-refractivity contribution in [2.24, 2.45) is 5.92 Å². The Morgan fingerprint density at radius 3 is 2.64 bits per heavy atom. The summed E-state index contributed by atoms with van der Waals surface area (Å²) in [4.78, 5) is 17.2. The van der Waals surface area contributed by atoms with Gasteiger partial charge in [0, 0.05) is 17.5 Å². The fraction of sp³-hybridized carbons (Fsp3) is 0.375. The summed E-state index contributed by atoms with van der Waals surface area (Å²) in [6.07, 6.45) is 0.432. The van der Waals surface area contributed by atoms with E-state index < -0.39 is 11.7 Å². The van der Waals surface area contributed by atoms with E-state index in [0.717, 1.165) is 18.9 Å². The van der Waals surface area contributed by atoms with Crippen LogP contribution >= 0.6 is 0 Å². The van der Waals surface area contributed by atoms with Gasteiger partial charge in [0.2, 0.25) is 5.43 Å². The molecule has 3 heterocycles. The third kappa shape index (κ3) is 4.19.